The molecule has 0 spiro atoms. The first kappa shape index (κ1) is 14.8. The van der Waals surface area contributed by atoms with Crippen LogP contribution in [-0.2, 0) is 29.5 Å². The molecule has 108 valence electrons. The average molecular weight is 294 g/mol. The van der Waals surface area contributed by atoms with Crippen molar-refractivity contribution in [3.63, 3.8) is 0 Å². The molecule has 0 saturated heterocycles. The van der Waals surface area contributed by atoms with E-state index in [1.54, 1.807) is 18.2 Å². The average Bonchev–Trinajstić information content (AvgIpc) is 2.97. The third-order valence-corrected chi connectivity index (χ3v) is 4.53. The van der Waals surface area contributed by atoms with Gasteiger partial charge in [0.15, 0.2) is 0 Å². The van der Waals surface area contributed by atoms with Crippen molar-refractivity contribution in [3.8, 4) is 0 Å². The Morgan fingerprint density at radius 3 is 2.65 bits per heavy atom. The van der Waals surface area contributed by atoms with E-state index >= 15 is 0 Å². The molecule has 0 bridgehead atoms. The summed E-state index contributed by atoms with van der Waals surface area (Å²) in [4.78, 5) is 0.235. The largest absolute Gasteiger partial charge is 0.472 e. The highest BCUT2D eigenvalue weighted by Gasteiger charge is 2.15. The van der Waals surface area contributed by atoms with E-state index < -0.39 is 10.0 Å². The zero-order valence-corrected chi connectivity index (χ0v) is 12.1. The predicted molar refractivity (Wildman–Crippen MR) is 76.4 cm³/mol. The summed E-state index contributed by atoms with van der Waals surface area (Å²) in [6.07, 6.45) is 3.84. The molecule has 0 amide bonds. The van der Waals surface area contributed by atoms with Crippen molar-refractivity contribution < 1.29 is 12.8 Å². The van der Waals surface area contributed by atoms with Gasteiger partial charge in [0, 0.05) is 18.7 Å². The summed E-state index contributed by atoms with van der Waals surface area (Å²) in [5.74, 6) is 0. The van der Waals surface area contributed by atoms with E-state index in [9.17, 15) is 8.42 Å². The molecule has 6 heteroatoms. The fourth-order valence-electron chi connectivity index (χ4n) is 1.96. The molecule has 3 N–H and O–H groups in total. The summed E-state index contributed by atoms with van der Waals surface area (Å²) < 4.78 is 31.9. The van der Waals surface area contributed by atoms with Gasteiger partial charge in [-0.1, -0.05) is 13.0 Å². The van der Waals surface area contributed by atoms with Gasteiger partial charge >= 0.3 is 0 Å². The SMILES string of the molecule is CCc1ccc(S(=O)(=O)NCc2ccoc2)cc1CN. The van der Waals surface area contributed by atoms with Crippen molar-refractivity contribution in [2.45, 2.75) is 31.3 Å². The fourth-order valence-corrected chi connectivity index (χ4v) is 3.03. The van der Waals surface area contributed by atoms with E-state index in [2.05, 4.69) is 4.72 Å². The van der Waals surface area contributed by atoms with E-state index in [-0.39, 0.29) is 11.4 Å². The summed E-state index contributed by atoms with van der Waals surface area (Å²) in [5, 5.41) is 0. The summed E-state index contributed by atoms with van der Waals surface area (Å²) in [6.45, 7) is 2.54. The summed E-state index contributed by atoms with van der Waals surface area (Å²) in [5.41, 5.74) is 8.37. The maximum Gasteiger partial charge on any atom is 0.240 e. The second kappa shape index (κ2) is 6.21. The molecule has 2 rings (SSSR count). The number of furan rings is 1. The maximum absolute atomic E-state index is 12.2. The van der Waals surface area contributed by atoms with Crippen molar-refractivity contribution >= 4 is 10.0 Å². The fraction of sp³-hybridized carbons (Fsp3) is 0.286. The zero-order chi connectivity index (χ0) is 14.6. The van der Waals surface area contributed by atoms with Crippen molar-refractivity contribution in [2.75, 3.05) is 0 Å². The van der Waals surface area contributed by atoms with Gasteiger partial charge in [-0.05, 0) is 35.7 Å². The lowest BCUT2D eigenvalue weighted by Crippen LogP contribution is -2.23. The maximum atomic E-state index is 12.2. The number of benzene rings is 1. The minimum Gasteiger partial charge on any atom is -0.472 e. The minimum absolute atomic E-state index is 0.201. The Morgan fingerprint density at radius 2 is 2.05 bits per heavy atom. The van der Waals surface area contributed by atoms with Crippen molar-refractivity contribution in [1.82, 2.24) is 4.72 Å². The van der Waals surface area contributed by atoms with Crippen LogP contribution >= 0.6 is 0 Å². The van der Waals surface area contributed by atoms with Crippen LogP contribution in [0.3, 0.4) is 0 Å². The van der Waals surface area contributed by atoms with Crippen molar-refractivity contribution in [2.24, 2.45) is 5.73 Å². The van der Waals surface area contributed by atoms with E-state index in [4.69, 9.17) is 10.2 Å². The molecule has 1 aromatic heterocycles. The molecule has 5 nitrogen and oxygen atoms in total. The van der Waals surface area contributed by atoms with Gasteiger partial charge in [-0.2, -0.15) is 0 Å². The number of sulfonamides is 1. The van der Waals surface area contributed by atoms with Crippen LogP contribution in [0.25, 0.3) is 0 Å². The van der Waals surface area contributed by atoms with Crippen LogP contribution in [0, 0.1) is 0 Å². The molecule has 0 radical (unpaired) electrons. The topological polar surface area (TPSA) is 85.3 Å². The van der Waals surface area contributed by atoms with Gasteiger partial charge in [-0.15, -0.1) is 0 Å². The van der Waals surface area contributed by atoms with Crippen LogP contribution in [-0.4, -0.2) is 8.42 Å². The Kier molecular flexibility index (Phi) is 4.59. The third-order valence-electron chi connectivity index (χ3n) is 3.14. The number of nitrogens with two attached hydrogens (primary N) is 1. The molecule has 1 aromatic carbocycles. The Balaban J connectivity index is 2.20. The Morgan fingerprint density at radius 1 is 1.25 bits per heavy atom. The third kappa shape index (κ3) is 3.27. The second-order valence-corrected chi connectivity index (χ2v) is 6.21. The van der Waals surface area contributed by atoms with Gasteiger partial charge in [0.05, 0.1) is 17.4 Å². The van der Waals surface area contributed by atoms with Gasteiger partial charge in [0.1, 0.15) is 0 Å². The molecule has 0 aliphatic rings. The van der Waals surface area contributed by atoms with Crippen LogP contribution in [0.4, 0.5) is 0 Å². The Hall–Kier alpha value is -1.63. The molecular formula is C14H18N2O3S. The highest BCUT2D eigenvalue weighted by molar-refractivity contribution is 7.89. The predicted octanol–water partition coefficient (Wildman–Crippen LogP) is 1.78. The standard InChI is InChI=1S/C14H18N2O3S/c1-2-12-3-4-14(7-13(12)8-15)20(17,18)16-9-11-5-6-19-10-11/h3-7,10,16H,2,8-9,15H2,1H3. The molecule has 0 aliphatic heterocycles. The van der Waals surface area contributed by atoms with Crippen LogP contribution in [0.2, 0.25) is 0 Å². The van der Waals surface area contributed by atoms with Crippen LogP contribution in [0.1, 0.15) is 23.6 Å². The number of nitrogens with one attached hydrogen (secondary N) is 1. The van der Waals surface area contributed by atoms with Gasteiger partial charge in [-0.3, -0.25) is 0 Å². The first-order valence-electron chi connectivity index (χ1n) is 6.39. The number of rotatable bonds is 6. The van der Waals surface area contributed by atoms with Gasteiger partial charge in [0.25, 0.3) is 0 Å². The van der Waals surface area contributed by atoms with Crippen LogP contribution < -0.4 is 10.5 Å². The van der Waals surface area contributed by atoms with E-state index in [1.165, 1.54) is 12.5 Å². The number of hydrogen-bond acceptors (Lipinski definition) is 4. The molecule has 2 aromatic rings. The zero-order valence-electron chi connectivity index (χ0n) is 11.3. The lowest BCUT2D eigenvalue weighted by Gasteiger charge is -2.10. The van der Waals surface area contributed by atoms with E-state index in [0.29, 0.717) is 6.54 Å². The molecular weight excluding hydrogens is 276 g/mol. The summed E-state index contributed by atoms with van der Waals surface area (Å²) in [7, 11) is -3.54. The van der Waals surface area contributed by atoms with Crippen molar-refractivity contribution in [1.29, 1.82) is 0 Å². The van der Waals surface area contributed by atoms with Gasteiger partial charge < -0.3 is 10.2 Å². The summed E-state index contributed by atoms with van der Waals surface area (Å²) in [6, 6.07) is 6.77. The normalized spacial score (nSPS) is 11.7. The Labute approximate surface area is 118 Å². The number of hydrogen-bond donors (Lipinski definition) is 2. The molecule has 0 fully saturated rings. The first-order chi connectivity index (χ1) is 9.56. The molecule has 0 saturated carbocycles. The Bertz CT molecular complexity index is 664. The molecule has 0 atom stereocenters. The monoisotopic (exact) mass is 294 g/mol. The van der Waals surface area contributed by atoms with Crippen molar-refractivity contribution in [3.05, 3.63) is 53.5 Å². The highest BCUT2D eigenvalue weighted by atomic mass is 32.2. The summed E-state index contributed by atoms with van der Waals surface area (Å²) >= 11 is 0. The van der Waals surface area contributed by atoms with Gasteiger partial charge in [-0.25, -0.2) is 13.1 Å². The van der Waals surface area contributed by atoms with Crippen LogP contribution in [0.5, 0.6) is 0 Å². The first-order valence-corrected chi connectivity index (χ1v) is 7.87. The van der Waals surface area contributed by atoms with Gasteiger partial charge in [0.2, 0.25) is 10.0 Å². The lowest BCUT2D eigenvalue weighted by atomic mass is 10.1. The minimum atomic E-state index is -3.54. The molecule has 1 heterocycles. The molecule has 0 unspecified atom stereocenters. The quantitative estimate of drug-likeness (QED) is 0.850. The number of aryl methyl sites for hydroxylation is 1. The van der Waals surface area contributed by atoms with E-state index in [0.717, 1.165) is 23.1 Å². The lowest BCUT2D eigenvalue weighted by molar-refractivity contribution is 0.561. The second-order valence-electron chi connectivity index (χ2n) is 4.44. The smallest absolute Gasteiger partial charge is 0.240 e. The molecule has 0 aliphatic carbocycles. The highest BCUT2D eigenvalue weighted by Crippen LogP contribution is 2.17. The van der Waals surface area contributed by atoms with Crippen LogP contribution in [0.15, 0.2) is 46.1 Å². The van der Waals surface area contributed by atoms with E-state index in [1.807, 2.05) is 13.0 Å². The molecule has 20 heavy (non-hydrogen) atoms.